The van der Waals surface area contributed by atoms with Crippen LogP contribution < -0.4 is 10.5 Å². The number of nitrogens with two attached hydrogens (primary N) is 1. The topological polar surface area (TPSA) is 81.4 Å². The van der Waals surface area contributed by atoms with Crippen molar-refractivity contribution in [1.82, 2.24) is 4.72 Å². The van der Waals surface area contributed by atoms with Crippen LogP contribution in [0.5, 0.6) is 0 Å². The second kappa shape index (κ2) is 8.07. The van der Waals surface area contributed by atoms with Crippen molar-refractivity contribution in [3.63, 3.8) is 0 Å². The second-order valence-corrected chi connectivity index (χ2v) is 7.43. The Morgan fingerprint density at radius 3 is 2.67 bits per heavy atom. The van der Waals surface area contributed by atoms with Gasteiger partial charge in [0.15, 0.2) is 5.82 Å². The molecule has 0 atom stereocenters. The molecule has 3 N–H and O–H groups in total. The van der Waals surface area contributed by atoms with E-state index in [0.29, 0.717) is 13.0 Å². The molecule has 0 spiro atoms. The maximum atomic E-state index is 13.9. The lowest BCUT2D eigenvalue weighted by Crippen LogP contribution is -2.26. The van der Waals surface area contributed by atoms with Crippen LogP contribution in [-0.4, -0.2) is 27.7 Å². The third-order valence-corrected chi connectivity index (χ3v) is 4.66. The maximum Gasteiger partial charge on any atom is 0.243 e. The number of sulfonamides is 1. The lowest BCUT2D eigenvalue weighted by atomic mass is 10.3. The average Bonchev–Trinajstić information content (AvgIpc) is 2.37. The van der Waals surface area contributed by atoms with Crippen molar-refractivity contribution >= 4 is 31.6 Å². The molecule has 0 fully saturated rings. The van der Waals surface area contributed by atoms with Crippen LogP contribution in [-0.2, 0) is 14.8 Å². The van der Waals surface area contributed by atoms with Crippen LogP contribution in [0.15, 0.2) is 21.5 Å². The van der Waals surface area contributed by atoms with Crippen LogP contribution in [0, 0.1) is 5.82 Å². The molecule has 0 saturated carbocycles. The fraction of sp³-hybridized carbons (Fsp3) is 0.538. The molecular formula is C13H20BrFN2O3S. The Kier molecular flexibility index (Phi) is 7.05. The summed E-state index contributed by atoms with van der Waals surface area (Å²) in [4.78, 5) is -0.451. The zero-order valence-electron chi connectivity index (χ0n) is 12.0. The summed E-state index contributed by atoms with van der Waals surface area (Å²) in [6.45, 7) is 4.65. The minimum atomic E-state index is -3.92. The van der Waals surface area contributed by atoms with Crippen molar-refractivity contribution in [3.8, 4) is 0 Å². The van der Waals surface area contributed by atoms with E-state index < -0.39 is 20.7 Å². The Balaban J connectivity index is 2.59. The summed E-state index contributed by atoms with van der Waals surface area (Å²) in [6, 6.07) is 2.42. The van der Waals surface area contributed by atoms with E-state index in [0.717, 1.165) is 12.5 Å². The molecule has 0 aromatic heterocycles. The third-order valence-electron chi connectivity index (χ3n) is 2.62. The van der Waals surface area contributed by atoms with Gasteiger partial charge in [0.25, 0.3) is 0 Å². The molecule has 0 saturated heterocycles. The molecule has 0 aliphatic rings. The summed E-state index contributed by atoms with van der Waals surface area (Å²) in [5.74, 6) is -0.847. The van der Waals surface area contributed by atoms with Gasteiger partial charge in [0.05, 0.1) is 10.6 Å². The van der Waals surface area contributed by atoms with E-state index in [4.69, 9.17) is 10.5 Å². The Labute approximate surface area is 133 Å². The highest BCUT2D eigenvalue weighted by atomic mass is 79.9. The van der Waals surface area contributed by atoms with Gasteiger partial charge in [-0.25, -0.2) is 17.5 Å². The van der Waals surface area contributed by atoms with Crippen LogP contribution >= 0.6 is 15.9 Å². The minimum Gasteiger partial charge on any atom is -0.399 e. The minimum absolute atomic E-state index is 0.0215. The summed E-state index contributed by atoms with van der Waals surface area (Å²) < 4.78 is 45.7. The Hall–Kier alpha value is -0.700. The van der Waals surface area contributed by atoms with Crippen LogP contribution in [0.2, 0.25) is 0 Å². The van der Waals surface area contributed by atoms with Crippen LogP contribution in [0.4, 0.5) is 10.1 Å². The highest BCUT2D eigenvalue weighted by molar-refractivity contribution is 9.10. The summed E-state index contributed by atoms with van der Waals surface area (Å²) in [6.07, 6.45) is 1.49. The molecule has 0 unspecified atom stereocenters. The molecule has 0 aliphatic carbocycles. The lowest BCUT2D eigenvalue weighted by molar-refractivity contribution is 0.0762. The maximum absolute atomic E-state index is 13.9. The van der Waals surface area contributed by atoms with E-state index in [9.17, 15) is 12.8 Å². The molecule has 0 heterocycles. The summed E-state index contributed by atoms with van der Waals surface area (Å²) in [5, 5.41) is 0. The molecule has 1 aromatic carbocycles. The molecule has 21 heavy (non-hydrogen) atoms. The number of hydrogen-bond donors (Lipinski definition) is 2. The van der Waals surface area contributed by atoms with Gasteiger partial charge in [-0.2, -0.15) is 0 Å². The predicted octanol–water partition coefficient (Wildman–Crippen LogP) is 2.65. The van der Waals surface area contributed by atoms with Crippen molar-refractivity contribution in [3.05, 3.63) is 22.4 Å². The molecule has 0 aliphatic heterocycles. The number of benzene rings is 1. The molecule has 0 radical (unpaired) electrons. The number of rotatable bonds is 8. The summed E-state index contributed by atoms with van der Waals surface area (Å²) >= 11 is 2.94. The molecule has 1 rings (SSSR count). The van der Waals surface area contributed by atoms with Gasteiger partial charge in [-0.05, 0) is 54.8 Å². The number of hydrogen-bond acceptors (Lipinski definition) is 4. The first-order valence-electron chi connectivity index (χ1n) is 6.60. The first-order valence-corrected chi connectivity index (χ1v) is 8.87. The van der Waals surface area contributed by atoms with E-state index in [-0.39, 0.29) is 22.8 Å². The third kappa shape index (κ3) is 5.90. The van der Waals surface area contributed by atoms with Gasteiger partial charge in [-0.1, -0.05) is 0 Å². The summed E-state index contributed by atoms with van der Waals surface area (Å²) in [7, 11) is -3.92. The van der Waals surface area contributed by atoms with Crippen molar-refractivity contribution in [2.24, 2.45) is 0 Å². The Bertz CT molecular complexity index is 579. The fourth-order valence-electron chi connectivity index (χ4n) is 1.61. The largest absolute Gasteiger partial charge is 0.399 e. The van der Waals surface area contributed by atoms with E-state index in [1.807, 2.05) is 13.8 Å². The van der Waals surface area contributed by atoms with E-state index >= 15 is 0 Å². The van der Waals surface area contributed by atoms with Gasteiger partial charge in [0, 0.05) is 18.8 Å². The molecular weight excluding hydrogens is 363 g/mol. The highest BCUT2D eigenvalue weighted by Gasteiger charge is 2.21. The molecule has 5 nitrogen and oxygen atoms in total. The van der Waals surface area contributed by atoms with E-state index in [1.165, 1.54) is 6.07 Å². The van der Waals surface area contributed by atoms with Crippen LogP contribution in [0.3, 0.4) is 0 Å². The quantitative estimate of drug-likeness (QED) is 0.534. The lowest BCUT2D eigenvalue weighted by Gasteiger charge is -2.10. The first kappa shape index (κ1) is 18.3. The van der Waals surface area contributed by atoms with Crippen LogP contribution in [0.1, 0.15) is 26.7 Å². The smallest absolute Gasteiger partial charge is 0.243 e. The zero-order chi connectivity index (χ0) is 16.0. The SMILES string of the molecule is CC(C)OCCCCNS(=O)(=O)c1cc(N)cc(Br)c1F. The molecule has 0 bridgehead atoms. The summed E-state index contributed by atoms with van der Waals surface area (Å²) in [5.41, 5.74) is 5.72. The van der Waals surface area contributed by atoms with Gasteiger partial charge < -0.3 is 10.5 Å². The molecule has 8 heteroatoms. The first-order chi connectivity index (χ1) is 9.74. The van der Waals surface area contributed by atoms with Gasteiger partial charge in [-0.15, -0.1) is 0 Å². The van der Waals surface area contributed by atoms with Gasteiger partial charge >= 0.3 is 0 Å². The monoisotopic (exact) mass is 382 g/mol. The number of anilines is 1. The van der Waals surface area contributed by atoms with Crippen molar-refractivity contribution in [2.45, 2.75) is 37.7 Å². The normalized spacial score (nSPS) is 12.0. The van der Waals surface area contributed by atoms with E-state index in [1.54, 1.807) is 0 Å². The van der Waals surface area contributed by atoms with Crippen molar-refractivity contribution in [2.75, 3.05) is 18.9 Å². The number of halogens is 2. The zero-order valence-corrected chi connectivity index (χ0v) is 14.4. The predicted molar refractivity (Wildman–Crippen MR) is 84.0 cm³/mol. The van der Waals surface area contributed by atoms with Crippen LogP contribution in [0.25, 0.3) is 0 Å². The molecule has 0 amide bonds. The highest BCUT2D eigenvalue weighted by Crippen LogP contribution is 2.25. The number of ether oxygens (including phenoxy) is 1. The standard InChI is InChI=1S/C13H20BrFN2O3S/c1-9(2)20-6-4-3-5-17-21(18,19)12-8-10(16)7-11(14)13(12)15/h7-9,17H,3-6,16H2,1-2H3. The number of unbranched alkanes of at least 4 members (excludes halogenated alkanes) is 1. The van der Waals surface area contributed by atoms with Gasteiger partial charge in [0.2, 0.25) is 10.0 Å². The molecule has 120 valence electrons. The fourth-order valence-corrected chi connectivity index (χ4v) is 3.42. The second-order valence-electron chi connectivity index (χ2n) is 4.84. The Morgan fingerprint density at radius 2 is 2.05 bits per heavy atom. The number of nitrogen functional groups attached to an aromatic ring is 1. The van der Waals surface area contributed by atoms with Crippen molar-refractivity contribution in [1.29, 1.82) is 0 Å². The Morgan fingerprint density at radius 1 is 1.38 bits per heavy atom. The van der Waals surface area contributed by atoms with Crippen molar-refractivity contribution < 1.29 is 17.5 Å². The molecule has 1 aromatic rings. The van der Waals surface area contributed by atoms with E-state index in [2.05, 4.69) is 20.7 Å². The van der Waals surface area contributed by atoms with Gasteiger partial charge in [0.1, 0.15) is 4.90 Å². The van der Waals surface area contributed by atoms with Gasteiger partial charge in [-0.3, -0.25) is 0 Å². The average molecular weight is 383 g/mol. The number of nitrogens with one attached hydrogen (secondary N) is 1.